The highest BCUT2D eigenvalue weighted by Gasteiger charge is 2.41. The molecule has 2 aliphatic rings. The summed E-state index contributed by atoms with van der Waals surface area (Å²) in [6.07, 6.45) is 11.7. The van der Waals surface area contributed by atoms with E-state index in [0.29, 0.717) is 5.92 Å². The molecule has 0 bridgehead atoms. The van der Waals surface area contributed by atoms with E-state index in [4.69, 9.17) is 4.74 Å². The van der Waals surface area contributed by atoms with Crippen molar-refractivity contribution in [3.8, 4) is 0 Å². The first-order chi connectivity index (χ1) is 8.72. The predicted octanol–water partition coefficient (Wildman–Crippen LogP) is 4.47. The van der Waals surface area contributed by atoms with E-state index in [2.05, 4.69) is 13.8 Å². The van der Waals surface area contributed by atoms with E-state index < -0.39 is 0 Å². The molecule has 2 nitrogen and oxygen atoms in total. The van der Waals surface area contributed by atoms with Crippen LogP contribution in [-0.4, -0.2) is 11.6 Å². The summed E-state index contributed by atoms with van der Waals surface area (Å²) in [4.78, 5) is 12.2. The molecule has 0 unspecified atom stereocenters. The van der Waals surface area contributed by atoms with Crippen molar-refractivity contribution < 1.29 is 9.53 Å². The first kappa shape index (κ1) is 13.9. The van der Waals surface area contributed by atoms with Crippen molar-refractivity contribution >= 4 is 5.97 Å². The van der Waals surface area contributed by atoms with Gasteiger partial charge in [-0.1, -0.05) is 39.5 Å². The van der Waals surface area contributed by atoms with Gasteiger partial charge in [0.15, 0.2) is 0 Å². The van der Waals surface area contributed by atoms with Gasteiger partial charge < -0.3 is 4.74 Å². The highest BCUT2D eigenvalue weighted by Crippen LogP contribution is 2.41. The van der Waals surface area contributed by atoms with E-state index >= 15 is 0 Å². The number of carbonyl (C=O) groups is 1. The Balaban J connectivity index is 2.01. The SMILES string of the molecule is CCC(CC)(OC(=O)C1CCC1)C1CCCCC1. The molecule has 2 fully saturated rings. The lowest BCUT2D eigenvalue weighted by Gasteiger charge is -2.42. The van der Waals surface area contributed by atoms with Crippen molar-refractivity contribution in [1.29, 1.82) is 0 Å². The van der Waals surface area contributed by atoms with Gasteiger partial charge in [-0.25, -0.2) is 0 Å². The van der Waals surface area contributed by atoms with Crippen LogP contribution in [0.2, 0.25) is 0 Å². The average Bonchev–Trinajstić information content (AvgIpc) is 2.35. The van der Waals surface area contributed by atoms with Crippen molar-refractivity contribution in [1.82, 2.24) is 0 Å². The fourth-order valence-corrected chi connectivity index (χ4v) is 3.61. The molecule has 0 aliphatic heterocycles. The largest absolute Gasteiger partial charge is 0.459 e. The van der Waals surface area contributed by atoms with E-state index in [9.17, 15) is 4.79 Å². The third-order valence-electron chi connectivity index (χ3n) is 5.29. The van der Waals surface area contributed by atoms with Crippen molar-refractivity contribution in [2.45, 2.75) is 83.7 Å². The summed E-state index contributed by atoms with van der Waals surface area (Å²) < 4.78 is 6.04. The van der Waals surface area contributed by atoms with Crippen LogP contribution in [0.5, 0.6) is 0 Å². The van der Waals surface area contributed by atoms with Crippen LogP contribution in [0.4, 0.5) is 0 Å². The molecule has 0 saturated heterocycles. The van der Waals surface area contributed by atoms with Crippen molar-refractivity contribution in [3.63, 3.8) is 0 Å². The number of carbonyl (C=O) groups excluding carboxylic acids is 1. The maximum absolute atomic E-state index is 12.2. The zero-order valence-electron chi connectivity index (χ0n) is 12.0. The summed E-state index contributed by atoms with van der Waals surface area (Å²) in [5, 5.41) is 0. The maximum Gasteiger partial charge on any atom is 0.309 e. The highest BCUT2D eigenvalue weighted by molar-refractivity contribution is 5.73. The monoisotopic (exact) mass is 252 g/mol. The fraction of sp³-hybridized carbons (Fsp3) is 0.938. The van der Waals surface area contributed by atoms with Crippen LogP contribution in [0, 0.1) is 11.8 Å². The van der Waals surface area contributed by atoms with E-state index in [0.717, 1.165) is 25.7 Å². The van der Waals surface area contributed by atoms with Crippen LogP contribution in [0.25, 0.3) is 0 Å². The lowest BCUT2D eigenvalue weighted by Crippen LogP contribution is -2.44. The molecule has 0 spiro atoms. The molecule has 0 N–H and O–H groups in total. The second-order valence-corrected chi connectivity index (χ2v) is 6.16. The Morgan fingerprint density at radius 1 is 1.00 bits per heavy atom. The van der Waals surface area contributed by atoms with Gasteiger partial charge in [0.05, 0.1) is 5.92 Å². The van der Waals surface area contributed by atoms with Crippen LogP contribution < -0.4 is 0 Å². The minimum Gasteiger partial charge on any atom is -0.459 e. The second kappa shape index (κ2) is 6.08. The number of rotatable bonds is 5. The van der Waals surface area contributed by atoms with Crippen molar-refractivity contribution in [2.75, 3.05) is 0 Å². The summed E-state index contributed by atoms with van der Waals surface area (Å²) in [5.74, 6) is 0.909. The Kier molecular flexibility index (Phi) is 4.69. The smallest absolute Gasteiger partial charge is 0.309 e. The first-order valence-electron chi connectivity index (χ1n) is 7.94. The molecule has 0 radical (unpaired) electrons. The first-order valence-corrected chi connectivity index (χ1v) is 7.94. The van der Waals surface area contributed by atoms with E-state index in [-0.39, 0.29) is 17.5 Å². The third kappa shape index (κ3) is 2.73. The third-order valence-corrected chi connectivity index (χ3v) is 5.29. The quantitative estimate of drug-likeness (QED) is 0.675. The zero-order valence-corrected chi connectivity index (χ0v) is 12.0. The normalized spacial score (nSPS) is 22.6. The Labute approximate surface area is 111 Å². The highest BCUT2D eigenvalue weighted by atomic mass is 16.6. The molecule has 18 heavy (non-hydrogen) atoms. The molecular formula is C16H28O2. The van der Waals surface area contributed by atoms with Gasteiger partial charge in [0.1, 0.15) is 5.60 Å². The molecular weight excluding hydrogens is 224 g/mol. The molecule has 0 heterocycles. The molecule has 2 aliphatic carbocycles. The van der Waals surface area contributed by atoms with Crippen LogP contribution >= 0.6 is 0 Å². The van der Waals surface area contributed by atoms with Gasteiger partial charge >= 0.3 is 5.97 Å². The molecule has 104 valence electrons. The minimum absolute atomic E-state index is 0.0931. The molecule has 2 saturated carbocycles. The van der Waals surface area contributed by atoms with Crippen molar-refractivity contribution in [3.05, 3.63) is 0 Å². The Bertz CT molecular complexity index is 271. The summed E-state index contributed by atoms with van der Waals surface area (Å²) in [7, 11) is 0. The van der Waals surface area contributed by atoms with Gasteiger partial charge in [0, 0.05) is 0 Å². The number of hydrogen-bond donors (Lipinski definition) is 0. The predicted molar refractivity (Wildman–Crippen MR) is 73.3 cm³/mol. The lowest BCUT2D eigenvalue weighted by molar-refractivity contribution is -0.177. The number of esters is 1. The van der Waals surface area contributed by atoms with Gasteiger partial charge in [0.2, 0.25) is 0 Å². The maximum atomic E-state index is 12.2. The topological polar surface area (TPSA) is 26.3 Å². The zero-order chi connectivity index (χ0) is 13.0. The van der Waals surface area contributed by atoms with Crippen LogP contribution in [0.1, 0.15) is 78.1 Å². The lowest BCUT2D eigenvalue weighted by atomic mass is 9.73. The molecule has 0 aromatic carbocycles. The fourth-order valence-electron chi connectivity index (χ4n) is 3.61. The number of hydrogen-bond acceptors (Lipinski definition) is 2. The Morgan fingerprint density at radius 3 is 2.06 bits per heavy atom. The second-order valence-electron chi connectivity index (χ2n) is 6.16. The molecule has 2 heteroatoms. The standard InChI is InChI=1S/C16H28O2/c1-3-16(4-2,14-11-6-5-7-12-14)18-15(17)13-9-8-10-13/h13-14H,3-12H2,1-2H3. The summed E-state index contributed by atoms with van der Waals surface area (Å²) in [6.45, 7) is 4.37. The molecule has 0 aromatic rings. The minimum atomic E-state index is -0.160. The van der Waals surface area contributed by atoms with Gasteiger partial charge in [-0.2, -0.15) is 0 Å². The van der Waals surface area contributed by atoms with Gasteiger partial charge in [-0.05, 0) is 44.4 Å². The molecule has 0 aromatic heterocycles. The van der Waals surface area contributed by atoms with Gasteiger partial charge in [-0.15, -0.1) is 0 Å². The summed E-state index contributed by atoms with van der Waals surface area (Å²) in [6, 6.07) is 0. The Hall–Kier alpha value is -0.530. The van der Waals surface area contributed by atoms with E-state index in [1.54, 1.807) is 0 Å². The van der Waals surface area contributed by atoms with Gasteiger partial charge in [-0.3, -0.25) is 4.79 Å². The average molecular weight is 252 g/mol. The summed E-state index contributed by atoms with van der Waals surface area (Å²) in [5.41, 5.74) is -0.160. The van der Waals surface area contributed by atoms with E-state index in [1.165, 1.54) is 38.5 Å². The molecule has 2 rings (SSSR count). The Morgan fingerprint density at radius 2 is 1.61 bits per heavy atom. The summed E-state index contributed by atoms with van der Waals surface area (Å²) >= 11 is 0. The number of ether oxygens (including phenoxy) is 1. The van der Waals surface area contributed by atoms with Crippen molar-refractivity contribution in [2.24, 2.45) is 11.8 Å². The molecule has 0 atom stereocenters. The molecule has 0 amide bonds. The van der Waals surface area contributed by atoms with Gasteiger partial charge in [0.25, 0.3) is 0 Å². The van der Waals surface area contributed by atoms with Crippen LogP contribution in [0.3, 0.4) is 0 Å². The van der Waals surface area contributed by atoms with E-state index in [1.807, 2.05) is 0 Å². The van der Waals surface area contributed by atoms with Crippen LogP contribution in [0.15, 0.2) is 0 Å². The van der Waals surface area contributed by atoms with Crippen LogP contribution in [-0.2, 0) is 9.53 Å².